The SMILES string of the molecule is N#Cc1ccc(NC(=O)c2cscn2)c(F)c1. The van der Waals surface area contributed by atoms with Crippen LogP contribution in [0.1, 0.15) is 16.1 Å². The molecular formula is C11H6FN3OS. The molecule has 0 unspecified atom stereocenters. The van der Waals surface area contributed by atoms with Gasteiger partial charge in [-0.2, -0.15) is 5.26 Å². The van der Waals surface area contributed by atoms with Crippen LogP contribution in [-0.4, -0.2) is 10.9 Å². The second-order valence-electron chi connectivity index (χ2n) is 3.13. The number of nitrogens with zero attached hydrogens (tertiary/aromatic N) is 2. The van der Waals surface area contributed by atoms with Gasteiger partial charge in [-0.25, -0.2) is 9.37 Å². The van der Waals surface area contributed by atoms with E-state index < -0.39 is 11.7 Å². The molecule has 84 valence electrons. The van der Waals surface area contributed by atoms with Gasteiger partial charge in [-0.1, -0.05) is 0 Å². The van der Waals surface area contributed by atoms with Gasteiger partial charge in [0.15, 0.2) is 0 Å². The standard InChI is InChI=1S/C11H6FN3OS/c12-8-3-7(4-13)1-2-9(8)15-11(16)10-5-17-6-14-10/h1-3,5-6H,(H,15,16). The van der Waals surface area contributed by atoms with Gasteiger partial charge in [-0.15, -0.1) is 11.3 Å². The molecular weight excluding hydrogens is 241 g/mol. The Balaban J connectivity index is 2.20. The number of benzene rings is 1. The third-order valence-electron chi connectivity index (χ3n) is 2.01. The predicted octanol–water partition coefficient (Wildman–Crippen LogP) is 2.41. The van der Waals surface area contributed by atoms with Crippen LogP contribution in [0.2, 0.25) is 0 Å². The molecule has 1 heterocycles. The molecule has 1 aromatic carbocycles. The maximum atomic E-state index is 13.5. The molecule has 1 N–H and O–H groups in total. The van der Waals surface area contributed by atoms with Crippen LogP contribution < -0.4 is 5.32 Å². The van der Waals surface area contributed by atoms with Gasteiger partial charge in [0.25, 0.3) is 5.91 Å². The summed E-state index contributed by atoms with van der Waals surface area (Å²) in [6.45, 7) is 0. The average Bonchev–Trinajstić information content (AvgIpc) is 2.85. The fourth-order valence-corrected chi connectivity index (χ4v) is 1.73. The fourth-order valence-electron chi connectivity index (χ4n) is 1.20. The summed E-state index contributed by atoms with van der Waals surface area (Å²) in [6.07, 6.45) is 0. The van der Waals surface area contributed by atoms with Crippen molar-refractivity contribution in [3.05, 3.63) is 46.2 Å². The molecule has 0 aliphatic heterocycles. The van der Waals surface area contributed by atoms with Crippen LogP contribution in [0.3, 0.4) is 0 Å². The van der Waals surface area contributed by atoms with Crippen LogP contribution in [0.5, 0.6) is 0 Å². The van der Waals surface area contributed by atoms with Crippen molar-refractivity contribution >= 4 is 22.9 Å². The molecule has 6 heteroatoms. The monoisotopic (exact) mass is 247 g/mol. The van der Waals surface area contributed by atoms with Crippen LogP contribution in [0, 0.1) is 17.1 Å². The number of halogens is 1. The van der Waals surface area contributed by atoms with E-state index in [-0.39, 0.29) is 16.9 Å². The highest BCUT2D eigenvalue weighted by Crippen LogP contribution is 2.16. The van der Waals surface area contributed by atoms with Crippen molar-refractivity contribution in [2.45, 2.75) is 0 Å². The van der Waals surface area contributed by atoms with Crippen molar-refractivity contribution in [3.8, 4) is 6.07 Å². The van der Waals surface area contributed by atoms with Gasteiger partial charge < -0.3 is 5.32 Å². The number of hydrogen-bond acceptors (Lipinski definition) is 4. The first-order valence-electron chi connectivity index (χ1n) is 4.60. The quantitative estimate of drug-likeness (QED) is 0.886. The van der Waals surface area contributed by atoms with E-state index in [1.807, 2.05) is 6.07 Å². The maximum absolute atomic E-state index is 13.5. The van der Waals surface area contributed by atoms with E-state index in [1.165, 1.54) is 29.0 Å². The average molecular weight is 247 g/mol. The zero-order chi connectivity index (χ0) is 12.3. The van der Waals surface area contributed by atoms with Crippen molar-refractivity contribution in [2.24, 2.45) is 0 Å². The van der Waals surface area contributed by atoms with Gasteiger partial charge >= 0.3 is 0 Å². The molecule has 1 amide bonds. The Morgan fingerprint density at radius 1 is 1.53 bits per heavy atom. The van der Waals surface area contributed by atoms with Crippen molar-refractivity contribution < 1.29 is 9.18 Å². The molecule has 0 bridgehead atoms. The molecule has 0 spiro atoms. The number of thiazole rings is 1. The predicted molar refractivity (Wildman–Crippen MR) is 61.2 cm³/mol. The largest absolute Gasteiger partial charge is 0.318 e. The molecule has 0 saturated carbocycles. The molecule has 1 aromatic heterocycles. The summed E-state index contributed by atoms with van der Waals surface area (Å²) in [5.74, 6) is -1.12. The van der Waals surface area contributed by atoms with Gasteiger partial charge in [-0.05, 0) is 18.2 Å². The molecule has 2 aromatic rings. The Bertz CT molecular complexity index is 589. The number of carbonyl (C=O) groups excluding carboxylic acids is 1. The van der Waals surface area contributed by atoms with Crippen LogP contribution in [0.25, 0.3) is 0 Å². The third-order valence-corrected chi connectivity index (χ3v) is 2.60. The summed E-state index contributed by atoms with van der Waals surface area (Å²) in [7, 11) is 0. The lowest BCUT2D eigenvalue weighted by Crippen LogP contribution is -2.13. The van der Waals surface area contributed by atoms with E-state index in [4.69, 9.17) is 5.26 Å². The van der Waals surface area contributed by atoms with Gasteiger partial charge in [0.2, 0.25) is 0 Å². The minimum Gasteiger partial charge on any atom is -0.318 e. The first-order chi connectivity index (χ1) is 8.20. The van der Waals surface area contributed by atoms with E-state index in [0.29, 0.717) is 0 Å². The van der Waals surface area contributed by atoms with Crippen molar-refractivity contribution in [3.63, 3.8) is 0 Å². The number of nitrogens with one attached hydrogen (secondary N) is 1. The molecule has 0 aliphatic carbocycles. The first kappa shape index (κ1) is 11.2. The number of hydrogen-bond donors (Lipinski definition) is 1. The molecule has 0 radical (unpaired) electrons. The Hall–Kier alpha value is -2.26. The van der Waals surface area contributed by atoms with Crippen molar-refractivity contribution in [1.82, 2.24) is 4.98 Å². The highest BCUT2D eigenvalue weighted by molar-refractivity contribution is 7.07. The third kappa shape index (κ3) is 2.46. The number of rotatable bonds is 2. The van der Waals surface area contributed by atoms with Gasteiger partial charge in [0, 0.05) is 5.38 Å². The number of aromatic nitrogens is 1. The van der Waals surface area contributed by atoms with E-state index in [0.717, 1.165) is 6.07 Å². The Labute approximate surface area is 100 Å². The van der Waals surface area contributed by atoms with Crippen LogP contribution >= 0.6 is 11.3 Å². The van der Waals surface area contributed by atoms with Crippen LogP contribution in [0.4, 0.5) is 10.1 Å². The van der Waals surface area contributed by atoms with Gasteiger partial charge in [0.1, 0.15) is 11.5 Å². The highest BCUT2D eigenvalue weighted by Gasteiger charge is 2.11. The summed E-state index contributed by atoms with van der Waals surface area (Å²) in [5.41, 5.74) is 1.99. The normalized spacial score (nSPS) is 9.65. The maximum Gasteiger partial charge on any atom is 0.275 e. The zero-order valence-corrected chi connectivity index (χ0v) is 9.29. The lowest BCUT2D eigenvalue weighted by Gasteiger charge is -2.04. The topological polar surface area (TPSA) is 65.8 Å². The van der Waals surface area contributed by atoms with E-state index >= 15 is 0 Å². The number of amides is 1. The molecule has 4 nitrogen and oxygen atoms in total. The summed E-state index contributed by atoms with van der Waals surface area (Å²) >= 11 is 1.28. The van der Waals surface area contributed by atoms with Gasteiger partial charge in [0.05, 0.1) is 22.8 Å². The number of anilines is 1. The zero-order valence-electron chi connectivity index (χ0n) is 8.48. The number of carbonyl (C=O) groups is 1. The molecule has 2 rings (SSSR count). The van der Waals surface area contributed by atoms with Gasteiger partial charge in [-0.3, -0.25) is 4.79 Å². The Kier molecular flexibility index (Phi) is 3.12. The fraction of sp³-hybridized carbons (Fsp3) is 0. The first-order valence-corrected chi connectivity index (χ1v) is 5.54. The molecule has 17 heavy (non-hydrogen) atoms. The number of nitriles is 1. The lowest BCUT2D eigenvalue weighted by molar-refractivity contribution is 0.102. The van der Waals surface area contributed by atoms with Crippen molar-refractivity contribution in [2.75, 3.05) is 5.32 Å². The van der Waals surface area contributed by atoms with Crippen molar-refractivity contribution in [1.29, 1.82) is 5.26 Å². The minimum absolute atomic E-state index is 0.0296. The summed E-state index contributed by atoms with van der Waals surface area (Å²) in [6, 6.07) is 5.65. The molecule has 0 fully saturated rings. The lowest BCUT2D eigenvalue weighted by atomic mass is 10.2. The molecule has 0 atom stereocenters. The minimum atomic E-state index is -0.646. The Morgan fingerprint density at radius 3 is 2.94 bits per heavy atom. The van der Waals surface area contributed by atoms with E-state index in [9.17, 15) is 9.18 Å². The van der Waals surface area contributed by atoms with Crippen LogP contribution in [0.15, 0.2) is 29.1 Å². The highest BCUT2D eigenvalue weighted by atomic mass is 32.1. The van der Waals surface area contributed by atoms with E-state index in [2.05, 4.69) is 10.3 Å². The van der Waals surface area contributed by atoms with E-state index in [1.54, 1.807) is 5.38 Å². The second-order valence-corrected chi connectivity index (χ2v) is 3.85. The summed E-state index contributed by atoms with van der Waals surface area (Å²) < 4.78 is 13.5. The second kappa shape index (κ2) is 4.72. The molecule has 0 saturated heterocycles. The van der Waals surface area contributed by atoms with Crippen LogP contribution in [-0.2, 0) is 0 Å². The summed E-state index contributed by atoms with van der Waals surface area (Å²) in [4.78, 5) is 15.4. The summed E-state index contributed by atoms with van der Waals surface area (Å²) in [5, 5.41) is 12.5. The molecule has 0 aliphatic rings. The smallest absolute Gasteiger partial charge is 0.275 e. The Morgan fingerprint density at radius 2 is 2.35 bits per heavy atom.